The fourth-order valence-corrected chi connectivity index (χ4v) is 3.77. The Labute approximate surface area is 219 Å². The number of ether oxygens (including phenoxy) is 1. The molecule has 1 aromatic carbocycles. The first-order valence-corrected chi connectivity index (χ1v) is 12.4. The quantitative estimate of drug-likeness (QED) is 0.295. The van der Waals surface area contributed by atoms with E-state index in [4.69, 9.17) is 4.74 Å². The molecule has 202 valence electrons. The average molecular weight is 529 g/mol. The van der Waals surface area contributed by atoms with Crippen molar-refractivity contribution in [1.82, 2.24) is 15.3 Å². The minimum absolute atomic E-state index is 0.0821. The number of anilines is 1. The van der Waals surface area contributed by atoms with Crippen LogP contribution in [-0.2, 0) is 15.7 Å². The Morgan fingerprint density at radius 2 is 1.71 bits per heavy atom. The van der Waals surface area contributed by atoms with Crippen LogP contribution in [0.2, 0.25) is 0 Å². The van der Waals surface area contributed by atoms with Gasteiger partial charge in [0.15, 0.2) is 0 Å². The van der Waals surface area contributed by atoms with E-state index in [1.54, 1.807) is 19.1 Å². The van der Waals surface area contributed by atoms with Gasteiger partial charge < -0.3 is 15.4 Å². The van der Waals surface area contributed by atoms with Crippen molar-refractivity contribution in [3.63, 3.8) is 0 Å². The summed E-state index contributed by atoms with van der Waals surface area (Å²) in [4.78, 5) is 32.1. The molecule has 1 amide bonds. The second-order valence-electron chi connectivity index (χ2n) is 9.12. The predicted octanol–water partition coefficient (Wildman–Crippen LogP) is 6.04. The van der Waals surface area contributed by atoms with Gasteiger partial charge >= 0.3 is 12.1 Å². The maximum atomic E-state index is 12.8. The first-order valence-electron chi connectivity index (χ1n) is 12.4. The number of carbonyl (C=O) groups is 2. The van der Waals surface area contributed by atoms with E-state index in [0.29, 0.717) is 35.2 Å². The van der Waals surface area contributed by atoms with Crippen LogP contribution in [0.4, 0.5) is 19.0 Å². The Kier molecular flexibility index (Phi) is 9.81. The Morgan fingerprint density at radius 3 is 2.26 bits per heavy atom. The van der Waals surface area contributed by atoms with E-state index in [-0.39, 0.29) is 30.9 Å². The van der Waals surface area contributed by atoms with Crippen molar-refractivity contribution in [3.8, 4) is 11.3 Å². The lowest BCUT2D eigenvalue weighted by Crippen LogP contribution is -2.26. The first kappa shape index (κ1) is 28.6. The highest BCUT2D eigenvalue weighted by Gasteiger charge is 2.30. The summed E-state index contributed by atoms with van der Waals surface area (Å²) in [6.07, 6.45) is -1.23. The summed E-state index contributed by atoms with van der Waals surface area (Å²) in [7, 11) is 0. The van der Waals surface area contributed by atoms with Gasteiger partial charge in [-0.25, -0.2) is 4.98 Å². The SMILES string of the molecule is CCOC(=O)CCNC(=O)c1ccc(NC(CC(C)C)c2ccc(-c3ccc(C(F)(F)F)cn3)cc2)nc1. The average Bonchev–Trinajstić information content (AvgIpc) is 2.88. The molecule has 2 N–H and O–H groups in total. The molecule has 0 saturated carbocycles. The lowest BCUT2D eigenvalue weighted by molar-refractivity contribution is -0.143. The van der Waals surface area contributed by atoms with Crippen LogP contribution < -0.4 is 10.6 Å². The Bertz CT molecular complexity index is 1200. The van der Waals surface area contributed by atoms with E-state index in [1.807, 2.05) is 24.3 Å². The van der Waals surface area contributed by atoms with Crippen molar-refractivity contribution >= 4 is 17.7 Å². The minimum atomic E-state index is -4.43. The fraction of sp³-hybridized carbons (Fsp3) is 0.357. The third kappa shape index (κ3) is 8.29. The molecule has 0 spiro atoms. The van der Waals surface area contributed by atoms with Crippen LogP contribution in [0.15, 0.2) is 60.9 Å². The minimum Gasteiger partial charge on any atom is -0.466 e. The van der Waals surface area contributed by atoms with Gasteiger partial charge in [0.1, 0.15) is 5.82 Å². The second kappa shape index (κ2) is 13.0. The largest absolute Gasteiger partial charge is 0.466 e. The number of benzene rings is 1. The molecule has 2 aromatic heterocycles. The van der Waals surface area contributed by atoms with Gasteiger partial charge in [-0.1, -0.05) is 38.1 Å². The maximum absolute atomic E-state index is 12.8. The van der Waals surface area contributed by atoms with E-state index >= 15 is 0 Å². The van der Waals surface area contributed by atoms with Crippen molar-refractivity contribution in [2.75, 3.05) is 18.5 Å². The van der Waals surface area contributed by atoms with Crippen molar-refractivity contribution in [2.45, 2.75) is 45.8 Å². The molecule has 3 rings (SSSR count). The van der Waals surface area contributed by atoms with Gasteiger partial charge in [0.25, 0.3) is 5.91 Å². The summed E-state index contributed by atoms with van der Waals surface area (Å²) < 4.78 is 43.3. The molecule has 0 aliphatic carbocycles. The lowest BCUT2D eigenvalue weighted by atomic mass is 9.95. The fourth-order valence-electron chi connectivity index (χ4n) is 3.77. The smallest absolute Gasteiger partial charge is 0.417 e. The highest BCUT2D eigenvalue weighted by Crippen LogP contribution is 2.31. The van der Waals surface area contributed by atoms with Crippen LogP contribution in [-0.4, -0.2) is 35.0 Å². The highest BCUT2D eigenvalue weighted by molar-refractivity contribution is 5.94. The summed E-state index contributed by atoms with van der Waals surface area (Å²) in [5.41, 5.74) is 1.73. The molecule has 3 aromatic rings. The third-order valence-corrected chi connectivity index (χ3v) is 5.67. The summed E-state index contributed by atoms with van der Waals surface area (Å²) in [6.45, 7) is 6.40. The molecule has 0 fully saturated rings. The number of amides is 1. The molecule has 0 radical (unpaired) electrons. The molecule has 0 bridgehead atoms. The number of esters is 1. The Balaban J connectivity index is 1.66. The summed E-state index contributed by atoms with van der Waals surface area (Å²) >= 11 is 0. The standard InChI is InChI=1S/C28H31F3N4O3/c1-4-38-26(36)13-14-32-27(37)21-9-12-25(34-16-21)35-24(15-18(2)3)20-7-5-19(6-8-20)23-11-10-22(17-33-23)28(29,30)31/h5-12,16-18,24H,4,13-15H2,1-3H3,(H,32,37)(H,34,35). The van der Waals surface area contributed by atoms with E-state index in [9.17, 15) is 22.8 Å². The van der Waals surface area contributed by atoms with Crippen molar-refractivity contribution < 1.29 is 27.5 Å². The number of halogens is 3. The van der Waals surface area contributed by atoms with Crippen molar-refractivity contribution in [1.29, 1.82) is 0 Å². The van der Waals surface area contributed by atoms with Crippen molar-refractivity contribution in [3.05, 3.63) is 77.6 Å². The number of nitrogens with one attached hydrogen (secondary N) is 2. The zero-order chi connectivity index (χ0) is 27.7. The van der Waals surface area contributed by atoms with Gasteiger partial charge in [-0.2, -0.15) is 13.2 Å². The van der Waals surface area contributed by atoms with Crippen LogP contribution in [0.25, 0.3) is 11.3 Å². The van der Waals surface area contributed by atoms with Crippen molar-refractivity contribution in [2.24, 2.45) is 5.92 Å². The Hall–Kier alpha value is -3.95. The van der Waals surface area contributed by atoms with E-state index < -0.39 is 11.7 Å². The molecular weight excluding hydrogens is 497 g/mol. The summed E-state index contributed by atoms with van der Waals surface area (Å²) in [5, 5.41) is 6.07. The number of rotatable bonds is 11. The van der Waals surface area contributed by atoms with Gasteiger partial charge in [-0.15, -0.1) is 0 Å². The number of aromatic nitrogens is 2. The molecule has 0 saturated heterocycles. The van der Waals surface area contributed by atoms with Gasteiger partial charge in [-0.05, 0) is 49.1 Å². The van der Waals surface area contributed by atoms with Gasteiger partial charge in [0.2, 0.25) is 0 Å². The molecule has 7 nitrogen and oxygen atoms in total. The predicted molar refractivity (Wildman–Crippen MR) is 138 cm³/mol. The van der Waals surface area contributed by atoms with E-state index in [0.717, 1.165) is 24.2 Å². The number of pyridine rings is 2. The van der Waals surface area contributed by atoms with Gasteiger partial charge in [0.05, 0.1) is 35.9 Å². The maximum Gasteiger partial charge on any atom is 0.417 e. The molecule has 2 heterocycles. The third-order valence-electron chi connectivity index (χ3n) is 5.67. The van der Waals surface area contributed by atoms with Crippen LogP contribution in [0.1, 0.15) is 61.1 Å². The second-order valence-corrected chi connectivity index (χ2v) is 9.12. The number of alkyl halides is 3. The van der Waals surface area contributed by atoms with Crippen LogP contribution in [0.5, 0.6) is 0 Å². The number of hydrogen-bond acceptors (Lipinski definition) is 6. The highest BCUT2D eigenvalue weighted by atomic mass is 19.4. The lowest BCUT2D eigenvalue weighted by Gasteiger charge is -2.22. The molecule has 1 unspecified atom stereocenters. The van der Waals surface area contributed by atoms with E-state index in [2.05, 4.69) is 34.4 Å². The van der Waals surface area contributed by atoms with Crippen LogP contribution >= 0.6 is 0 Å². The zero-order valence-electron chi connectivity index (χ0n) is 21.5. The number of hydrogen-bond donors (Lipinski definition) is 2. The zero-order valence-corrected chi connectivity index (χ0v) is 21.5. The molecule has 1 atom stereocenters. The molecule has 38 heavy (non-hydrogen) atoms. The van der Waals surface area contributed by atoms with Crippen LogP contribution in [0.3, 0.4) is 0 Å². The number of nitrogens with zero attached hydrogens (tertiary/aromatic N) is 2. The first-order chi connectivity index (χ1) is 18.1. The molecule has 10 heteroatoms. The normalized spacial score (nSPS) is 12.2. The monoisotopic (exact) mass is 528 g/mol. The molecule has 0 aliphatic heterocycles. The summed E-state index contributed by atoms with van der Waals surface area (Å²) in [6, 6.07) is 13.2. The molecule has 0 aliphatic rings. The summed E-state index contributed by atoms with van der Waals surface area (Å²) in [5.74, 6) is 0.255. The van der Waals surface area contributed by atoms with Gasteiger partial charge in [0, 0.05) is 24.5 Å². The Morgan fingerprint density at radius 1 is 0.974 bits per heavy atom. The number of carbonyl (C=O) groups excluding carboxylic acids is 2. The van der Waals surface area contributed by atoms with Gasteiger partial charge in [-0.3, -0.25) is 14.6 Å². The van der Waals surface area contributed by atoms with Crippen LogP contribution in [0, 0.1) is 5.92 Å². The molecular formula is C28H31F3N4O3. The topological polar surface area (TPSA) is 93.2 Å². The van der Waals surface area contributed by atoms with E-state index in [1.165, 1.54) is 12.3 Å².